The van der Waals surface area contributed by atoms with E-state index in [2.05, 4.69) is 0 Å². The number of allylic oxidation sites excluding steroid dienone is 1. The summed E-state index contributed by atoms with van der Waals surface area (Å²) >= 11 is 0. The van der Waals surface area contributed by atoms with Gasteiger partial charge in [0.25, 0.3) is 0 Å². The first-order valence-corrected chi connectivity index (χ1v) is 9.34. The second-order valence-corrected chi connectivity index (χ2v) is 6.79. The zero-order chi connectivity index (χ0) is 20.8. The fourth-order valence-corrected chi connectivity index (χ4v) is 2.88. The second-order valence-electron chi connectivity index (χ2n) is 6.79. The molecule has 0 saturated heterocycles. The van der Waals surface area contributed by atoms with Crippen LogP contribution >= 0.6 is 0 Å². The quantitative estimate of drug-likeness (QED) is 0.536. The van der Waals surface area contributed by atoms with Crippen molar-refractivity contribution in [1.29, 1.82) is 0 Å². The van der Waals surface area contributed by atoms with E-state index in [1.54, 1.807) is 18.2 Å². The zero-order valence-electron chi connectivity index (χ0n) is 16.9. The van der Waals surface area contributed by atoms with E-state index >= 15 is 0 Å². The van der Waals surface area contributed by atoms with Crippen molar-refractivity contribution in [2.24, 2.45) is 0 Å². The number of hydrogen-bond acceptors (Lipinski definition) is 4. The second kappa shape index (κ2) is 10.2. The minimum atomic E-state index is -1.26. The van der Waals surface area contributed by atoms with Gasteiger partial charge in [-0.1, -0.05) is 54.1 Å². The van der Waals surface area contributed by atoms with E-state index < -0.39 is 12.1 Å². The van der Waals surface area contributed by atoms with Gasteiger partial charge in [-0.15, -0.1) is 0 Å². The van der Waals surface area contributed by atoms with Crippen molar-refractivity contribution >= 4 is 17.8 Å². The van der Waals surface area contributed by atoms with E-state index in [9.17, 15) is 14.7 Å². The molecule has 1 heterocycles. The third-order valence-corrected chi connectivity index (χ3v) is 4.49. The molecule has 30 heavy (non-hydrogen) atoms. The Morgan fingerprint density at radius 2 is 1.83 bits per heavy atom. The summed E-state index contributed by atoms with van der Waals surface area (Å²) in [5.74, 6) is -0.820. The number of ketones is 1. The summed E-state index contributed by atoms with van der Waals surface area (Å²) in [6, 6.07) is 18.3. The van der Waals surface area contributed by atoms with Gasteiger partial charge < -0.3 is 24.7 Å². The molecule has 156 valence electrons. The smallest absolute Gasteiger partial charge is 0.209 e. The number of hydrogen-bond donors (Lipinski definition) is 0. The Kier molecular flexibility index (Phi) is 7.72. The number of aromatic nitrogens is 1. The average Bonchev–Trinajstić information content (AvgIpc) is 3.17. The molecule has 3 aromatic rings. The van der Waals surface area contributed by atoms with Crippen LogP contribution in [0.4, 0.5) is 0 Å². The molecule has 0 spiro atoms. The Balaban J connectivity index is 0.00000320. The maximum absolute atomic E-state index is 12.8. The van der Waals surface area contributed by atoms with Gasteiger partial charge in [-0.05, 0) is 43.7 Å². The number of carboxylic acid groups (broad SMARTS) is 1. The minimum absolute atomic E-state index is 0. The molecule has 0 radical (unpaired) electrons. The Hall–Kier alpha value is -3.64. The molecule has 0 saturated carbocycles. The van der Waals surface area contributed by atoms with E-state index in [1.807, 2.05) is 72.3 Å². The predicted molar refractivity (Wildman–Crippen MR) is 113 cm³/mol. The van der Waals surface area contributed by atoms with Gasteiger partial charge in [0.15, 0.2) is 0 Å². The van der Waals surface area contributed by atoms with Crippen molar-refractivity contribution in [2.45, 2.75) is 26.5 Å². The van der Waals surface area contributed by atoms with Crippen molar-refractivity contribution in [2.75, 3.05) is 0 Å². The minimum Gasteiger partial charge on any atom is -0.546 e. The van der Waals surface area contributed by atoms with Crippen molar-refractivity contribution in [3.63, 3.8) is 0 Å². The van der Waals surface area contributed by atoms with Gasteiger partial charge in [0, 0.05) is 18.3 Å². The number of rotatable bonds is 8. The van der Waals surface area contributed by atoms with E-state index in [4.69, 9.17) is 4.74 Å². The summed E-state index contributed by atoms with van der Waals surface area (Å²) in [4.78, 5) is 23.6. The molecule has 0 fully saturated rings. The van der Waals surface area contributed by atoms with Crippen LogP contribution in [-0.4, -0.2) is 27.9 Å². The number of ether oxygens (including phenoxy) is 1. The summed E-state index contributed by atoms with van der Waals surface area (Å²) in [6.45, 7) is 3.94. The highest BCUT2D eigenvalue weighted by molar-refractivity contribution is 6.08. The van der Waals surface area contributed by atoms with Crippen LogP contribution in [0.1, 0.15) is 34.1 Å². The highest BCUT2D eigenvalue weighted by Crippen LogP contribution is 2.17. The van der Waals surface area contributed by atoms with Gasteiger partial charge in [-0.25, -0.2) is 0 Å². The molecule has 0 bridgehead atoms. The molecule has 3 rings (SSSR count). The summed E-state index contributed by atoms with van der Waals surface area (Å²) in [6.07, 6.45) is 4.68. The summed E-state index contributed by atoms with van der Waals surface area (Å²) < 4.78 is 7.22. The number of aliphatic carboxylic acids is 1. The van der Waals surface area contributed by atoms with E-state index in [-0.39, 0.29) is 11.3 Å². The number of nitrogens with zero attached hydrogens (tertiary/aromatic N) is 1. The highest BCUT2D eigenvalue weighted by Gasteiger charge is 2.12. The third-order valence-electron chi connectivity index (χ3n) is 4.49. The van der Waals surface area contributed by atoms with E-state index in [0.717, 1.165) is 11.1 Å². The monoisotopic (exact) mass is 406 g/mol. The molecule has 2 N–H and O–H groups in total. The lowest BCUT2D eigenvalue weighted by Gasteiger charge is -2.15. The SMILES string of the molecule is Cc1ccc(C(=O)c2cccn2C/C=C/c2cccc(O[C@@H](C)C(=O)[O-])c2)cc1.O. The van der Waals surface area contributed by atoms with Crippen molar-refractivity contribution < 1.29 is 24.9 Å². The molecule has 1 aromatic heterocycles. The van der Waals surface area contributed by atoms with Gasteiger partial charge in [0.1, 0.15) is 11.9 Å². The van der Waals surface area contributed by atoms with Gasteiger partial charge in [0.2, 0.25) is 5.78 Å². The first-order valence-electron chi connectivity index (χ1n) is 9.34. The molecular weight excluding hydrogens is 382 g/mol. The van der Waals surface area contributed by atoms with Gasteiger partial charge in [-0.3, -0.25) is 4.79 Å². The average molecular weight is 406 g/mol. The molecule has 2 aromatic carbocycles. The molecule has 6 heteroatoms. The van der Waals surface area contributed by atoms with Crippen LogP contribution in [0.25, 0.3) is 6.08 Å². The molecule has 0 unspecified atom stereocenters. The van der Waals surface area contributed by atoms with Crippen molar-refractivity contribution in [3.05, 3.63) is 95.3 Å². The molecule has 0 aliphatic carbocycles. The number of carbonyl (C=O) groups is 2. The number of carboxylic acids is 1. The number of benzene rings is 2. The maximum Gasteiger partial charge on any atom is 0.209 e. The molecule has 6 nitrogen and oxygen atoms in total. The number of aryl methyl sites for hydroxylation is 1. The zero-order valence-corrected chi connectivity index (χ0v) is 16.9. The van der Waals surface area contributed by atoms with E-state index in [1.165, 1.54) is 6.92 Å². The lowest BCUT2D eigenvalue weighted by atomic mass is 10.1. The first-order chi connectivity index (χ1) is 13.9. The summed E-state index contributed by atoms with van der Waals surface area (Å²) in [5, 5.41) is 10.8. The predicted octanol–water partition coefficient (Wildman–Crippen LogP) is 2.43. The molecular formula is C24H24NO5-. The van der Waals surface area contributed by atoms with Crippen LogP contribution in [0.3, 0.4) is 0 Å². The Morgan fingerprint density at radius 3 is 2.53 bits per heavy atom. The normalized spacial score (nSPS) is 11.7. The Labute approximate surface area is 175 Å². The van der Waals surface area contributed by atoms with Gasteiger partial charge >= 0.3 is 0 Å². The molecule has 1 atom stereocenters. The Morgan fingerprint density at radius 1 is 1.10 bits per heavy atom. The van der Waals surface area contributed by atoms with Crippen LogP contribution in [0.15, 0.2) is 72.9 Å². The maximum atomic E-state index is 12.8. The summed E-state index contributed by atoms with van der Waals surface area (Å²) in [5.41, 5.74) is 3.26. The van der Waals surface area contributed by atoms with Crippen LogP contribution < -0.4 is 9.84 Å². The van der Waals surface area contributed by atoms with Gasteiger partial charge in [-0.2, -0.15) is 0 Å². The third kappa shape index (κ3) is 5.68. The van der Waals surface area contributed by atoms with Crippen LogP contribution in [0, 0.1) is 6.92 Å². The van der Waals surface area contributed by atoms with Crippen LogP contribution in [0.2, 0.25) is 0 Å². The fraction of sp³-hybridized carbons (Fsp3) is 0.167. The lowest BCUT2D eigenvalue weighted by Crippen LogP contribution is -2.37. The fourth-order valence-electron chi connectivity index (χ4n) is 2.88. The molecule has 0 amide bonds. The first kappa shape index (κ1) is 22.6. The topological polar surface area (TPSA) is 103 Å². The van der Waals surface area contributed by atoms with Crippen molar-refractivity contribution in [1.82, 2.24) is 4.57 Å². The summed E-state index contributed by atoms with van der Waals surface area (Å²) in [7, 11) is 0. The van der Waals surface area contributed by atoms with E-state index in [0.29, 0.717) is 23.6 Å². The highest BCUT2D eigenvalue weighted by atomic mass is 16.5. The Bertz CT molecular complexity index is 1030. The largest absolute Gasteiger partial charge is 0.546 e. The standard InChI is InChI=1S/C24H23NO4.H2O/c1-17-10-12-20(13-11-17)23(26)22-9-5-15-25(22)14-4-7-19-6-3-8-21(16-19)29-18(2)24(27)28;/h3-13,15-16,18H,14H2,1-2H3,(H,27,28);1H2/p-1/b7-4+;/t18-;/m0./s1. The van der Waals surface area contributed by atoms with Crippen molar-refractivity contribution in [3.8, 4) is 5.75 Å². The van der Waals surface area contributed by atoms with Crippen LogP contribution in [-0.2, 0) is 11.3 Å². The molecule has 0 aliphatic rings. The van der Waals surface area contributed by atoms with Gasteiger partial charge in [0.05, 0.1) is 11.7 Å². The molecule has 0 aliphatic heterocycles. The lowest BCUT2D eigenvalue weighted by molar-refractivity contribution is -0.312. The number of carbonyl (C=O) groups excluding carboxylic acids is 2. The van der Waals surface area contributed by atoms with Crippen LogP contribution in [0.5, 0.6) is 5.75 Å².